The summed E-state index contributed by atoms with van der Waals surface area (Å²) in [5.74, 6) is 2.15. The number of hydrogen-bond acceptors (Lipinski definition) is 3. The van der Waals surface area contributed by atoms with Crippen molar-refractivity contribution in [3.63, 3.8) is 0 Å². The standard InChI is InChI=1S/C6H8INO2/c1-5(8)6(9)10-4-2-3-7/h5H,4,8H2,1H3/t5-/m0/s1. The fourth-order valence-corrected chi connectivity index (χ4v) is 0.422. The van der Waals surface area contributed by atoms with E-state index in [9.17, 15) is 4.79 Å². The van der Waals surface area contributed by atoms with Gasteiger partial charge in [0.2, 0.25) is 0 Å². The van der Waals surface area contributed by atoms with E-state index < -0.39 is 12.0 Å². The van der Waals surface area contributed by atoms with E-state index in [0.717, 1.165) is 0 Å². The van der Waals surface area contributed by atoms with Crippen molar-refractivity contribution in [1.29, 1.82) is 0 Å². The van der Waals surface area contributed by atoms with Gasteiger partial charge >= 0.3 is 5.97 Å². The molecule has 0 saturated heterocycles. The van der Waals surface area contributed by atoms with Crippen LogP contribution in [0.15, 0.2) is 0 Å². The van der Waals surface area contributed by atoms with Crippen molar-refractivity contribution in [2.45, 2.75) is 13.0 Å². The Hall–Kier alpha value is -0.280. The highest BCUT2D eigenvalue weighted by atomic mass is 127. The van der Waals surface area contributed by atoms with Crippen molar-refractivity contribution >= 4 is 28.6 Å². The highest BCUT2D eigenvalue weighted by molar-refractivity contribution is 14.1. The Morgan fingerprint density at radius 2 is 2.50 bits per heavy atom. The van der Waals surface area contributed by atoms with Crippen LogP contribution in [0.1, 0.15) is 6.92 Å². The molecule has 0 aliphatic carbocycles. The van der Waals surface area contributed by atoms with Gasteiger partial charge in [0.1, 0.15) is 6.04 Å². The molecule has 0 aromatic rings. The molecule has 0 unspecified atom stereocenters. The Labute approximate surface area is 73.4 Å². The molecule has 3 nitrogen and oxygen atoms in total. The van der Waals surface area contributed by atoms with E-state index >= 15 is 0 Å². The number of ether oxygens (including phenoxy) is 1. The summed E-state index contributed by atoms with van der Waals surface area (Å²) in [6.45, 7) is 1.70. The lowest BCUT2D eigenvalue weighted by atomic mass is 10.4. The minimum Gasteiger partial charge on any atom is -0.451 e. The Bertz CT molecular complexity index is 168. The molecule has 0 aliphatic heterocycles. The first kappa shape index (κ1) is 9.72. The van der Waals surface area contributed by atoms with Crippen LogP contribution in [0, 0.1) is 9.85 Å². The highest BCUT2D eigenvalue weighted by Crippen LogP contribution is 1.82. The summed E-state index contributed by atoms with van der Waals surface area (Å²) in [7, 11) is 0. The van der Waals surface area contributed by atoms with Gasteiger partial charge in [-0.1, -0.05) is 5.92 Å². The average Bonchev–Trinajstić information content (AvgIpc) is 1.88. The van der Waals surface area contributed by atoms with Gasteiger partial charge in [-0.2, -0.15) is 0 Å². The van der Waals surface area contributed by atoms with Crippen LogP contribution >= 0.6 is 22.6 Å². The summed E-state index contributed by atoms with van der Waals surface area (Å²) in [6.07, 6.45) is 0. The van der Waals surface area contributed by atoms with E-state index in [0.29, 0.717) is 0 Å². The van der Waals surface area contributed by atoms with Gasteiger partial charge in [-0.05, 0) is 10.9 Å². The number of carbonyl (C=O) groups is 1. The fraction of sp³-hybridized carbons (Fsp3) is 0.500. The molecule has 0 radical (unpaired) electrons. The monoisotopic (exact) mass is 253 g/mol. The number of halogens is 1. The van der Waals surface area contributed by atoms with E-state index in [4.69, 9.17) is 5.73 Å². The minimum absolute atomic E-state index is 0.128. The van der Waals surface area contributed by atoms with Crippen LogP contribution in [0.3, 0.4) is 0 Å². The average molecular weight is 253 g/mol. The van der Waals surface area contributed by atoms with Crippen LogP contribution in [0.4, 0.5) is 0 Å². The molecule has 10 heavy (non-hydrogen) atoms. The molecule has 0 spiro atoms. The van der Waals surface area contributed by atoms with Crippen molar-refractivity contribution in [1.82, 2.24) is 0 Å². The SMILES string of the molecule is C[C@H](N)C(=O)OCC#CI. The number of hydrogen-bond donors (Lipinski definition) is 1. The van der Waals surface area contributed by atoms with Crippen LogP contribution < -0.4 is 5.73 Å². The van der Waals surface area contributed by atoms with Crippen molar-refractivity contribution < 1.29 is 9.53 Å². The van der Waals surface area contributed by atoms with Gasteiger partial charge in [-0.15, -0.1) is 0 Å². The third-order valence-corrected chi connectivity index (χ3v) is 1.11. The lowest BCUT2D eigenvalue weighted by Crippen LogP contribution is -2.28. The number of rotatable bonds is 2. The van der Waals surface area contributed by atoms with Crippen LogP contribution in [0.5, 0.6) is 0 Å². The summed E-state index contributed by atoms with van der Waals surface area (Å²) in [5.41, 5.74) is 5.19. The summed E-state index contributed by atoms with van der Waals surface area (Å²) < 4.78 is 7.17. The zero-order chi connectivity index (χ0) is 7.98. The van der Waals surface area contributed by atoms with Gasteiger partial charge < -0.3 is 10.5 Å². The van der Waals surface area contributed by atoms with Crippen molar-refractivity contribution in [2.75, 3.05) is 6.61 Å². The quantitative estimate of drug-likeness (QED) is 0.436. The first-order chi connectivity index (χ1) is 4.68. The third kappa shape index (κ3) is 4.58. The Morgan fingerprint density at radius 3 is 2.90 bits per heavy atom. The van der Waals surface area contributed by atoms with Crippen molar-refractivity contribution in [3.8, 4) is 9.85 Å². The van der Waals surface area contributed by atoms with Crippen molar-refractivity contribution in [2.24, 2.45) is 5.73 Å². The van der Waals surface area contributed by atoms with E-state index in [1.165, 1.54) is 0 Å². The van der Waals surface area contributed by atoms with Gasteiger partial charge in [0.15, 0.2) is 6.61 Å². The number of esters is 1. The molecule has 1 atom stereocenters. The second-order valence-electron chi connectivity index (χ2n) is 1.67. The summed E-state index contributed by atoms with van der Waals surface area (Å²) in [5, 5.41) is 0. The Kier molecular flexibility index (Phi) is 5.35. The van der Waals surface area contributed by atoms with E-state index in [1.54, 1.807) is 6.92 Å². The lowest BCUT2D eigenvalue weighted by Gasteiger charge is -2.01. The zero-order valence-corrected chi connectivity index (χ0v) is 7.71. The maximum absolute atomic E-state index is 10.6. The Morgan fingerprint density at radius 1 is 1.90 bits per heavy atom. The van der Waals surface area contributed by atoms with Gasteiger partial charge in [-0.25, -0.2) is 0 Å². The third-order valence-electron chi connectivity index (χ3n) is 0.725. The van der Waals surface area contributed by atoms with E-state index in [1.807, 2.05) is 22.6 Å². The molecule has 0 saturated carbocycles. The molecule has 2 N–H and O–H groups in total. The fourth-order valence-electron chi connectivity index (χ4n) is 0.266. The number of carbonyl (C=O) groups excluding carboxylic acids is 1. The molecule has 0 amide bonds. The second-order valence-corrected chi connectivity index (χ2v) is 2.21. The van der Waals surface area contributed by atoms with E-state index in [-0.39, 0.29) is 6.61 Å². The first-order valence-electron chi connectivity index (χ1n) is 2.69. The van der Waals surface area contributed by atoms with Crippen LogP contribution in [0.25, 0.3) is 0 Å². The molecule has 56 valence electrons. The molecule has 0 rings (SSSR count). The van der Waals surface area contributed by atoms with Crippen LogP contribution in [-0.2, 0) is 9.53 Å². The first-order valence-corrected chi connectivity index (χ1v) is 3.77. The van der Waals surface area contributed by atoms with E-state index in [2.05, 4.69) is 14.6 Å². The molecule has 0 aromatic heterocycles. The van der Waals surface area contributed by atoms with Crippen LogP contribution in [-0.4, -0.2) is 18.6 Å². The smallest absolute Gasteiger partial charge is 0.323 e. The summed E-state index contributed by atoms with van der Waals surface area (Å²) in [4.78, 5) is 10.6. The second kappa shape index (κ2) is 5.50. The molecule has 4 heteroatoms. The normalized spacial score (nSPS) is 11.1. The van der Waals surface area contributed by atoms with Gasteiger partial charge in [0, 0.05) is 22.6 Å². The van der Waals surface area contributed by atoms with Crippen molar-refractivity contribution in [3.05, 3.63) is 0 Å². The van der Waals surface area contributed by atoms with Gasteiger partial charge in [-0.3, -0.25) is 4.79 Å². The summed E-state index contributed by atoms with van der Waals surface area (Å²) in [6, 6.07) is -0.559. The van der Waals surface area contributed by atoms with Gasteiger partial charge in [0.25, 0.3) is 0 Å². The maximum atomic E-state index is 10.6. The Balaban J connectivity index is 3.47. The number of nitrogens with two attached hydrogens (primary N) is 1. The van der Waals surface area contributed by atoms with Gasteiger partial charge in [0.05, 0.1) is 0 Å². The van der Waals surface area contributed by atoms with Crippen LogP contribution in [0.2, 0.25) is 0 Å². The molecule has 0 aliphatic rings. The predicted molar refractivity (Wildman–Crippen MR) is 46.4 cm³/mol. The molecule has 0 heterocycles. The summed E-state index contributed by atoms with van der Waals surface area (Å²) >= 11 is 1.87. The predicted octanol–water partition coefficient (Wildman–Crippen LogP) is 0.273. The molecular weight excluding hydrogens is 245 g/mol. The topological polar surface area (TPSA) is 52.3 Å². The molecule has 0 fully saturated rings. The molecular formula is C6H8INO2. The minimum atomic E-state index is -0.559. The molecule has 0 aromatic carbocycles. The lowest BCUT2D eigenvalue weighted by molar-refractivity contribution is -0.143. The zero-order valence-electron chi connectivity index (χ0n) is 5.56. The highest BCUT2D eigenvalue weighted by Gasteiger charge is 2.06. The molecule has 0 bridgehead atoms. The largest absolute Gasteiger partial charge is 0.451 e. The maximum Gasteiger partial charge on any atom is 0.323 e.